The molecule has 1 saturated heterocycles. The van der Waals surface area contributed by atoms with Crippen molar-refractivity contribution in [1.82, 2.24) is 0 Å². The summed E-state index contributed by atoms with van der Waals surface area (Å²) in [5.41, 5.74) is 0. The maximum atomic E-state index is 10.6. The SMILES string of the molecule is CC1CC(C)CC(C(O)C2(C)CCCS2)C1. The van der Waals surface area contributed by atoms with Gasteiger partial charge in [-0.1, -0.05) is 13.8 Å². The largest absolute Gasteiger partial charge is 0.391 e. The number of aliphatic hydroxyl groups excluding tert-OH is 1. The molecule has 1 saturated carbocycles. The van der Waals surface area contributed by atoms with Gasteiger partial charge in [-0.15, -0.1) is 0 Å². The Morgan fingerprint density at radius 2 is 1.81 bits per heavy atom. The van der Waals surface area contributed by atoms with Gasteiger partial charge in [-0.3, -0.25) is 0 Å². The monoisotopic (exact) mass is 242 g/mol. The number of hydrogen-bond acceptors (Lipinski definition) is 2. The average molecular weight is 242 g/mol. The Kier molecular flexibility index (Phi) is 3.90. The van der Waals surface area contributed by atoms with Gasteiger partial charge in [0.15, 0.2) is 0 Å². The maximum Gasteiger partial charge on any atom is 0.0712 e. The zero-order chi connectivity index (χ0) is 11.8. The topological polar surface area (TPSA) is 20.2 Å². The normalized spacial score (nSPS) is 46.9. The zero-order valence-corrected chi connectivity index (χ0v) is 11.7. The smallest absolute Gasteiger partial charge is 0.0712 e. The number of aliphatic hydroxyl groups is 1. The van der Waals surface area contributed by atoms with Crippen LogP contribution >= 0.6 is 11.8 Å². The summed E-state index contributed by atoms with van der Waals surface area (Å²) in [7, 11) is 0. The molecule has 94 valence electrons. The van der Waals surface area contributed by atoms with Crippen molar-refractivity contribution in [2.24, 2.45) is 17.8 Å². The molecule has 2 heteroatoms. The Morgan fingerprint density at radius 1 is 1.19 bits per heavy atom. The van der Waals surface area contributed by atoms with Crippen LogP contribution in [-0.4, -0.2) is 21.7 Å². The predicted molar refractivity (Wildman–Crippen MR) is 71.8 cm³/mol. The first kappa shape index (κ1) is 12.8. The fraction of sp³-hybridized carbons (Fsp3) is 1.00. The van der Waals surface area contributed by atoms with Gasteiger partial charge in [0.1, 0.15) is 0 Å². The Balaban J connectivity index is 2.00. The first-order valence-electron chi connectivity index (χ1n) is 6.83. The maximum absolute atomic E-state index is 10.6. The zero-order valence-electron chi connectivity index (χ0n) is 10.9. The molecule has 0 spiro atoms. The summed E-state index contributed by atoms with van der Waals surface area (Å²) in [5.74, 6) is 3.40. The molecule has 1 aliphatic heterocycles. The molecule has 0 bridgehead atoms. The lowest BCUT2D eigenvalue weighted by molar-refractivity contribution is 0.0303. The highest BCUT2D eigenvalue weighted by molar-refractivity contribution is 8.00. The van der Waals surface area contributed by atoms with Gasteiger partial charge in [0.25, 0.3) is 0 Å². The fourth-order valence-corrected chi connectivity index (χ4v) is 5.21. The highest BCUT2D eigenvalue weighted by Gasteiger charge is 2.42. The Hall–Kier alpha value is 0.310. The molecule has 16 heavy (non-hydrogen) atoms. The van der Waals surface area contributed by atoms with Crippen LogP contribution in [0.15, 0.2) is 0 Å². The second-order valence-corrected chi connectivity index (χ2v) is 8.02. The van der Waals surface area contributed by atoms with Crippen molar-refractivity contribution in [2.45, 2.75) is 63.7 Å². The van der Waals surface area contributed by atoms with E-state index in [-0.39, 0.29) is 10.9 Å². The van der Waals surface area contributed by atoms with Crippen molar-refractivity contribution in [3.8, 4) is 0 Å². The van der Waals surface area contributed by atoms with Gasteiger partial charge < -0.3 is 5.11 Å². The van der Waals surface area contributed by atoms with Crippen LogP contribution < -0.4 is 0 Å². The van der Waals surface area contributed by atoms with E-state index in [0.717, 1.165) is 11.8 Å². The van der Waals surface area contributed by atoms with E-state index in [9.17, 15) is 5.11 Å². The van der Waals surface area contributed by atoms with Crippen molar-refractivity contribution in [3.63, 3.8) is 0 Å². The van der Waals surface area contributed by atoms with E-state index in [2.05, 4.69) is 20.8 Å². The van der Waals surface area contributed by atoms with Crippen LogP contribution in [0.5, 0.6) is 0 Å². The molecule has 1 nitrogen and oxygen atoms in total. The highest BCUT2D eigenvalue weighted by Crippen LogP contribution is 2.46. The highest BCUT2D eigenvalue weighted by atomic mass is 32.2. The van der Waals surface area contributed by atoms with Crippen LogP contribution in [0.4, 0.5) is 0 Å². The van der Waals surface area contributed by atoms with Crippen molar-refractivity contribution in [1.29, 1.82) is 0 Å². The van der Waals surface area contributed by atoms with E-state index in [1.807, 2.05) is 11.8 Å². The summed E-state index contributed by atoms with van der Waals surface area (Å²) in [6, 6.07) is 0. The summed E-state index contributed by atoms with van der Waals surface area (Å²) in [4.78, 5) is 0. The van der Waals surface area contributed by atoms with Gasteiger partial charge in [0.05, 0.1) is 6.10 Å². The summed E-state index contributed by atoms with van der Waals surface area (Å²) in [5, 5.41) is 10.6. The van der Waals surface area contributed by atoms with E-state index in [1.54, 1.807) is 0 Å². The van der Waals surface area contributed by atoms with Gasteiger partial charge >= 0.3 is 0 Å². The molecule has 2 rings (SSSR count). The molecule has 4 atom stereocenters. The van der Waals surface area contributed by atoms with Crippen LogP contribution in [0.2, 0.25) is 0 Å². The molecule has 0 amide bonds. The van der Waals surface area contributed by atoms with E-state index in [4.69, 9.17) is 0 Å². The third-order valence-electron chi connectivity index (χ3n) is 4.54. The lowest BCUT2D eigenvalue weighted by Crippen LogP contribution is -2.42. The molecule has 4 unspecified atom stereocenters. The summed E-state index contributed by atoms with van der Waals surface area (Å²) in [6.07, 6.45) is 6.25. The lowest BCUT2D eigenvalue weighted by atomic mass is 9.72. The average Bonchev–Trinajstić information content (AvgIpc) is 2.64. The first-order valence-corrected chi connectivity index (χ1v) is 7.82. The van der Waals surface area contributed by atoms with Crippen LogP contribution in [0.1, 0.15) is 52.9 Å². The van der Waals surface area contributed by atoms with E-state index in [0.29, 0.717) is 5.92 Å². The third kappa shape index (κ3) is 2.59. The van der Waals surface area contributed by atoms with Gasteiger partial charge in [0, 0.05) is 4.75 Å². The molecule has 1 heterocycles. The molecular formula is C14H26OS. The molecule has 2 fully saturated rings. The molecular weight excluding hydrogens is 216 g/mol. The lowest BCUT2D eigenvalue weighted by Gasteiger charge is -2.40. The predicted octanol–water partition coefficient (Wildman–Crippen LogP) is 3.71. The van der Waals surface area contributed by atoms with E-state index in [1.165, 1.54) is 37.9 Å². The quantitative estimate of drug-likeness (QED) is 0.796. The minimum absolute atomic E-state index is 0.0785. The molecule has 1 N–H and O–H groups in total. The van der Waals surface area contributed by atoms with Gasteiger partial charge in [-0.05, 0) is 62.5 Å². The molecule has 0 aromatic heterocycles. The van der Waals surface area contributed by atoms with Gasteiger partial charge in [0.2, 0.25) is 0 Å². The van der Waals surface area contributed by atoms with Crippen LogP contribution in [0.25, 0.3) is 0 Å². The van der Waals surface area contributed by atoms with Crippen LogP contribution in [0.3, 0.4) is 0 Å². The number of rotatable bonds is 2. The Bertz CT molecular complexity index is 225. The third-order valence-corrected chi connectivity index (χ3v) is 6.13. The van der Waals surface area contributed by atoms with Crippen LogP contribution in [-0.2, 0) is 0 Å². The van der Waals surface area contributed by atoms with Gasteiger partial charge in [-0.2, -0.15) is 11.8 Å². The minimum atomic E-state index is -0.0785. The molecule has 1 aliphatic carbocycles. The van der Waals surface area contributed by atoms with E-state index >= 15 is 0 Å². The van der Waals surface area contributed by atoms with Gasteiger partial charge in [-0.25, -0.2) is 0 Å². The van der Waals surface area contributed by atoms with Crippen LogP contribution in [0, 0.1) is 17.8 Å². The second-order valence-electron chi connectivity index (χ2n) is 6.39. The standard InChI is InChI=1S/C14H26OS/c1-10-7-11(2)9-12(8-10)13(15)14(3)5-4-6-16-14/h10-13,15H,4-9H2,1-3H3. The summed E-state index contributed by atoms with van der Waals surface area (Å²) in [6.45, 7) is 6.97. The number of hydrogen-bond donors (Lipinski definition) is 1. The summed E-state index contributed by atoms with van der Waals surface area (Å²) >= 11 is 2.00. The molecule has 0 radical (unpaired) electrons. The second kappa shape index (κ2) is 4.89. The molecule has 0 aromatic rings. The van der Waals surface area contributed by atoms with Crippen molar-refractivity contribution in [3.05, 3.63) is 0 Å². The van der Waals surface area contributed by atoms with E-state index < -0.39 is 0 Å². The molecule has 0 aromatic carbocycles. The number of thioether (sulfide) groups is 1. The van der Waals surface area contributed by atoms with Crippen molar-refractivity contribution in [2.75, 3.05) is 5.75 Å². The molecule has 2 aliphatic rings. The van der Waals surface area contributed by atoms with Crippen molar-refractivity contribution < 1.29 is 5.11 Å². The Labute approximate surface area is 104 Å². The first-order chi connectivity index (χ1) is 7.51. The van der Waals surface area contributed by atoms with Crippen molar-refractivity contribution >= 4 is 11.8 Å². The fourth-order valence-electron chi connectivity index (χ4n) is 3.80. The summed E-state index contributed by atoms with van der Waals surface area (Å²) < 4.78 is 0.154. The Morgan fingerprint density at radius 3 is 2.31 bits per heavy atom. The minimum Gasteiger partial charge on any atom is -0.391 e.